The summed E-state index contributed by atoms with van der Waals surface area (Å²) in [7, 11) is 3.33. The molecule has 0 unspecified atom stereocenters. The molecule has 200 valence electrons. The van der Waals surface area contributed by atoms with E-state index in [0.717, 1.165) is 16.3 Å². The van der Waals surface area contributed by atoms with Crippen LogP contribution in [0, 0.1) is 0 Å². The fourth-order valence-electron chi connectivity index (χ4n) is 4.32. The van der Waals surface area contributed by atoms with E-state index in [4.69, 9.17) is 4.74 Å². The van der Waals surface area contributed by atoms with Gasteiger partial charge in [0.15, 0.2) is 0 Å². The van der Waals surface area contributed by atoms with Crippen LogP contribution >= 0.6 is 11.3 Å². The Labute approximate surface area is 231 Å². The molecular formula is C31H30N2O5S. The number of anilines is 1. The molecular weight excluding hydrogens is 512 g/mol. The molecule has 7 nitrogen and oxygen atoms in total. The van der Waals surface area contributed by atoms with Crippen LogP contribution in [0.5, 0.6) is 5.75 Å². The number of amides is 2. The number of aliphatic carboxylic acids is 1. The monoisotopic (exact) mass is 542 g/mol. The number of rotatable bonds is 11. The van der Waals surface area contributed by atoms with Crippen molar-refractivity contribution in [3.05, 3.63) is 107 Å². The number of carboxylic acid groups (broad SMARTS) is 1. The maximum Gasteiger partial charge on any atom is 0.305 e. The summed E-state index contributed by atoms with van der Waals surface area (Å²) in [6.45, 7) is 0.412. The molecule has 3 aromatic carbocycles. The summed E-state index contributed by atoms with van der Waals surface area (Å²) in [6, 6.07) is 25.7. The second kappa shape index (κ2) is 12.9. The van der Waals surface area contributed by atoms with Crippen LogP contribution in [0.15, 0.2) is 90.3 Å². The molecule has 1 N–H and O–H groups in total. The van der Waals surface area contributed by atoms with Gasteiger partial charge in [0.1, 0.15) is 5.75 Å². The van der Waals surface area contributed by atoms with Gasteiger partial charge in [0, 0.05) is 31.3 Å². The number of thiophene rings is 1. The van der Waals surface area contributed by atoms with Crippen molar-refractivity contribution in [2.45, 2.75) is 12.8 Å². The van der Waals surface area contributed by atoms with Crippen molar-refractivity contribution in [3.8, 4) is 16.9 Å². The Balaban J connectivity index is 1.65. The molecule has 0 saturated carbocycles. The van der Waals surface area contributed by atoms with E-state index in [1.165, 1.54) is 11.3 Å². The predicted octanol–water partition coefficient (Wildman–Crippen LogP) is 5.86. The van der Waals surface area contributed by atoms with Crippen LogP contribution in [0.25, 0.3) is 11.1 Å². The summed E-state index contributed by atoms with van der Waals surface area (Å²) in [5.74, 6) is -0.700. The zero-order valence-corrected chi connectivity index (χ0v) is 22.7. The molecule has 4 rings (SSSR count). The van der Waals surface area contributed by atoms with Gasteiger partial charge in [-0.15, -0.1) is 11.3 Å². The van der Waals surface area contributed by atoms with Gasteiger partial charge in [-0.05, 0) is 64.9 Å². The summed E-state index contributed by atoms with van der Waals surface area (Å²) in [5, 5.41) is 12.1. The van der Waals surface area contributed by atoms with Gasteiger partial charge in [-0.3, -0.25) is 14.4 Å². The lowest BCUT2D eigenvalue weighted by Gasteiger charge is -2.24. The van der Waals surface area contributed by atoms with Crippen molar-refractivity contribution < 1.29 is 24.2 Å². The molecule has 0 aliphatic carbocycles. The van der Waals surface area contributed by atoms with Crippen molar-refractivity contribution in [1.29, 1.82) is 0 Å². The highest BCUT2D eigenvalue weighted by Crippen LogP contribution is 2.31. The van der Waals surface area contributed by atoms with Crippen LogP contribution in [-0.2, 0) is 11.2 Å². The SMILES string of the molecule is COc1ccc(CCN(CCC(=O)O)C(=O)c2ccccc2-c2ccccc2C(=O)N(C)c2cccs2)cc1. The first-order valence-corrected chi connectivity index (χ1v) is 13.4. The third kappa shape index (κ3) is 6.72. The smallest absolute Gasteiger partial charge is 0.305 e. The number of carboxylic acids is 1. The quantitative estimate of drug-likeness (QED) is 0.257. The lowest BCUT2D eigenvalue weighted by Crippen LogP contribution is -2.35. The van der Waals surface area contributed by atoms with Crippen LogP contribution < -0.4 is 9.64 Å². The number of nitrogens with zero attached hydrogens (tertiary/aromatic N) is 2. The van der Waals surface area contributed by atoms with Gasteiger partial charge in [0.05, 0.1) is 18.5 Å². The van der Waals surface area contributed by atoms with Gasteiger partial charge < -0.3 is 19.6 Å². The third-order valence-corrected chi connectivity index (χ3v) is 7.40. The molecule has 0 atom stereocenters. The zero-order chi connectivity index (χ0) is 27.8. The predicted molar refractivity (Wildman–Crippen MR) is 154 cm³/mol. The lowest BCUT2D eigenvalue weighted by atomic mass is 9.94. The van der Waals surface area contributed by atoms with E-state index in [9.17, 15) is 19.5 Å². The maximum atomic E-state index is 13.9. The van der Waals surface area contributed by atoms with Gasteiger partial charge in [0.2, 0.25) is 0 Å². The Bertz CT molecular complexity index is 1430. The normalized spacial score (nSPS) is 10.6. The number of carbonyl (C=O) groups is 3. The van der Waals surface area contributed by atoms with Crippen molar-refractivity contribution in [2.24, 2.45) is 0 Å². The number of methoxy groups -OCH3 is 1. The first kappa shape index (κ1) is 27.6. The van der Waals surface area contributed by atoms with Gasteiger partial charge in [-0.2, -0.15) is 0 Å². The highest BCUT2D eigenvalue weighted by molar-refractivity contribution is 7.14. The summed E-state index contributed by atoms with van der Waals surface area (Å²) < 4.78 is 5.22. The molecule has 0 fully saturated rings. The second-order valence-electron chi connectivity index (χ2n) is 8.94. The Hall–Kier alpha value is -4.43. The summed E-state index contributed by atoms with van der Waals surface area (Å²) in [5.41, 5.74) is 3.16. The molecule has 0 saturated heterocycles. The molecule has 1 heterocycles. The average molecular weight is 543 g/mol. The Morgan fingerprint density at radius 3 is 1.97 bits per heavy atom. The van der Waals surface area contributed by atoms with Crippen LogP contribution in [0.4, 0.5) is 5.00 Å². The number of benzene rings is 3. The first-order valence-electron chi connectivity index (χ1n) is 12.5. The Kier molecular flexibility index (Phi) is 9.12. The van der Waals surface area contributed by atoms with E-state index < -0.39 is 5.97 Å². The number of hydrogen-bond donors (Lipinski definition) is 1. The van der Waals surface area contributed by atoms with Crippen LogP contribution in [0.1, 0.15) is 32.7 Å². The van der Waals surface area contributed by atoms with Crippen molar-refractivity contribution in [3.63, 3.8) is 0 Å². The summed E-state index contributed by atoms with van der Waals surface area (Å²) >= 11 is 1.47. The van der Waals surface area contributed by atoms with Crippen molar-refractivity contribution in [2.75, 3.05) is 32.1 Å². The standard InChI is InChI=1S/C31H30N2O5S/c1-32(28-12-7-21-39-28)30(36)26-10-5-3-8-24(26)25-9-4-6-11-27(25)31(37)33(20-18-29(34)35)19-17-22-13-15-23(38-2)16-14-22/h3-16,21H,17-20H2,1-2H3,(H,34,35). The third-order valence-electron chi connectivity index (χ3n) is 6.46. The van der Waals surface area contributed by atoms with Crippen molar-refractivity contribution >= 4 is 34.1 Å². The molecule has 39 heavy (non-hydrogen) atoms. The van der Waals surface area contributed by atoms with E-state index in [0.29, 0.717) is 35.2 Å². The molecule has 0 spiro atoms. The molecule has 4 aromatic rings. The van der Waals surface area contributed by atoms with Gasteiger partial charge in [-0.1, -0.05) is 48.5 Å². The minimum atomic E-state index is -0.974. The molecule has 0 aliphatic rings. The minimum absolute atomic E-state index is 0.0698. The van der Waals surface area contributed by atoms with Crippen molar-refractivity contribution in [1.82, 2.24) is 4.90 Å². The Morgan fingerprint density at radius 1 is 0.795 bits per heavy atom. The van der Waals surface area contributed by atoms with E-state index >= 15 is 0 Å². The fourth-order valence-corrected chi connectivity index (χ4v) is 5.02. The first-order chi connectivity index (χ1) is 18.9. The highest BCUT2D eigenvalue weighted by Gasteiger charge is 2.24. The summed E-state index contributed by atoms with van der Waals surface area (Å²) in [4.78, 5) is 41.9. The Morgan fingerprint density at radius 2 is 1.41 bits per heavy atom. The number of hydrogen-bond acceptors (Lipinski definition) is 5. The molecule has 0 aliphatic heterocycles. The fraction of sp³-hybridized carbons (Fsp3) is 0.194. The van der Waals surface area contributed by atoms with Gasteiger partial charge in [-0.25, -0.2) is 0 Å². The molecule has 0 bridgehead atoms. The van der Waals surface area contributed by atoms with Crippen LogP contribution in [0.2, 0.25) is 0 Å². The largest absolute Gasteiger partial charge is 0.497 e. The topological polar surface area (TPSA) is 87.1 Å². The molecule has 8 heteroatoms. The number of carbonyl (C=O) groups excluding carboxylic acids is 2. The lowest BCUT2D eigenvalue weighted by molar-refractivity contribution is -0.137. The second-order valence-corrected chi connectivity index (χ2v) is 9.87. The van der Waals surface area contributed by atoms with E-state index in [1.54, 1.807) is 48.2 Å². The number of ether oxygens (including phenoxy) is 1. The molecule has 1 aromatic heterocycles. The van der Waals surface area contributed by atoms with E-state index in [-0.39, 0.29) is 24.8 Å². The van der Waals surface area contributed by atoms with Crippen LogP contribution in [0.3, 0.4) is 0 Å². The average Bonchev–Trinajstić information content (AvgIpc) is 3.51. The summed E-state index contributed by atoms with van der Waals surface area (Å²) in [6.07, 6.45) is 0.384. The highest BCUT2D eigenvalue weighted by atomic mass is 32.1. The minimum Gasteiger partial charge on any atom is -0.497 e. The zero-order valence-electron chi connectivity index (χ0n) is 21.9. The van der Waals surface area contributed by atoms with Gasteiger partial charge in [0.25, 0.3) is 11.8 Å². The molecule has 0 radical (unpaired) electrons. The van der Waals surface area contributed by atoms with E-state index in [1.807, 2.05) is 66.0 Å². The van der Waals surface area contributed by atoms with E-state index in [2.05, 4.69) is 0 Å². The maximum absolute atomic E-state index is 13.9. The van der Waals surface area contributed by atoms with Crippen LogP contribution in [-0.4, -0.2) is 55.0 Å². The van der Waals surface area contributed by atoms with Gasteiger partial charge >= 0.3 is 5.97 Å². The molecule has 2 amide bonds.